The van der Waals surface area contributed by atoms with Crippen molar-refractivity contribution in [3.05, 3.63) is 24.3 Å². The Morgan fingerprint density at radius 3 is 3.05 bits per heavy atom. The summed E-state index contributed by atoms with van der Waals surface area (Å²) < 4.78 is 11.2. The molecule has 0 aromatic heterocycles. The summed E-state index contributed by atoms with van der Waals surface area (Å²) in [5, 5.41) is 2.84. The number of nitrogens with two attached hydrogens (primary N) is 1. The van der Waals surface area contributed by atoms with Crippen molar-refractivity contribution in [3.63, 3.8) is 0 Å². The van der Waals surface area contributed by atoms with Gasteiger partial charge in [0.05, 0.1) is 6.10 Å². The van der Waals surface area contributed by atoms with Crippen molar-refractivity contribution in [2.24, 2.45) is 5.73 Å². The number of carbonyl (C=O) groups excluding carboxylic acids is 1. The van der Waals surface area contributed by atoms with Gasteiger partial charge in [0.15, 0.2) is 0 Å². The van der Waals surface area contributed by atoms with E-state index >= 15 is 0 Å². The second kappa shape index (κ2) is 9.60. The van der Waals surface area contributed by atoms with Gasteiger partial charge in [0.2, 0.25) is 5.91 Å². The number of ether oxygens (including phenoxy) is 2. The second-order valence-corrected chi connectivity index (χ2v) is 4.91. The molecule has 1 amide bonds. The fraction of sp³-hybridized carbons (Fsp3) is 0.533. The molecular formula is C15H23ClN2O3. The minimum atomic E-state index is -0.0215. The molecule has 1 heterocycles. The molecular weight excluding hydrogens is 292 g/mol. The monoisotopic (exact) mass is 314 g/mol. The van der Waals surface area contributed by atoms with E-state index in [1.807, 2.05) is 24.3 Å². The molecule has 21 heavy (non-hydrogen) atoms. The van der Waals surface area contributed by atoms with Gasteiger partial charge in [-0.3, -0.25) is 4.79 Å². The lowest BCUT2D eigenvalue weighted by Gasteiger charge is -2.12. The maximum Gasteiger partial charge on any atom is 0.224 e. The molecule has 1 fully saturated rings. The Morgan fingerprint density at radius 1 is 1.48 bits per heavy atom. The summed E-state index contributed by atoms with van der Waals surface area (Å²) >= 11 is 0. The zero-order valence-electron chi connectivity index (χ0n) is 12.0. The highest BCUT2D eigenvalue weighted by atomic mass is 35.5. The van der Waals surface area contributed by atoms with Crippen LogP contribution in [0.1, 0.15) is 25.7 Å². The number of benzene rings is 1. The van der Waals surface area contributed by atoms with Gasteiger partial charge >= 0.3 is 0 Å². The molecule has 1 aliphatic rings. The molecule has 6 heteroatoms. The maximum atomic E-state index is 11.6. The first-order valence-electron chi connectivity index (χ1n) is 7.12. The summed E-state index contributed by atoms with van der Waals surface area (Å²) in [5.41, 5.74) is 6.13. The van der Waals surface area contributed by atoms with E-state index in [1.54, 1.807) is 0 Å². The zero-order chi connectivity index (χ0) is 14.2. The lowest BCUT2D eigenvalue weighted by atomic mass is 10.2. The molecule has 1 saturated heterocycles. The van der Waals surface area contributed by atoms with Gasteiger partial charge in [-0.05, 0) is 37.9 Å². The van der Waals surface area contributed by atoms with Crippen molar-refractivity contribution >= 4 is 24.0 Å². The van der Waals surface area contributed by atoms with Crippen molar-refractivity contribution in [1.82, 2.24) is 0 Å². The lowest BCUT2D eigenvalue weighted by molar-refractivity contribution is -0.116. The zero-order valence-corrected chi connectivity index (χ0v) is 12.9. The number of amides is 1. The van der Waals surface area contributed by atoms with E-state index in [0.717, 1.165) is 30.9 Å². The number of nitrogens with one attached hydrogen (secondary N) is 1. The molecule has 0 saturated carbocycles. The predicted molar refractivity (Wildman–Crippen MR) is 85.1 cm³/mol. The molecule has 1 atom stereocenters. The Kier molecular flexibility index (Phi) is 8.12. The van der Waals surface area contributed by atoms with E-state index in [4.69, 9.17) is 15.2 Å². The van der Waals surface area contributed by atoms with Crippen LogP contribution in [0.15, 0.2) is 24.3 Å². The fourth-order valence-electron chi connectivity index (χ4n) is 2.11. The second-order valence-electron chi connectivity index (χ2n) is 4.91. The molecule has 0 radical (unpaired) electrons. The Morgan fingerprint density at radius 2 is 2.33 bits per heavy atom. The Balaban J connectivity index is 0.00000220. The topological polar surface area (TPSA) is 73.6 Å². The smallest absolute Gasteiger partial charge is 0.224 e. The first-order chi connectivity index (χ1) is 9.78. The van der Waals surface area contributed by atoms with Gasteiger partial charge in [0.25, 0.3) is 0 Å². The van der Waals surface area contributed by atoms with E-state index in [0.29, 0.717) is 26.0 Å². The van der Waals surface area contributed by atoms with Crippen LogP contribution < -0.4 is 15.8 Å². The maximum absolute atomic E-state index is 11.6. The first-order valence-corrected chi connectivity index (χ1v) is 7.12. The van der Waals surface area contributed by atoms with Gasteiger partial charge in [-0.2, -0.15) is 0 Å². The van der Waals surface area contributed by atoms with Gasteiger partial charge < -0.3 is 20.5 Å². The van der Waals surface area contributed by atoms with Gasteiger partial charge in [0.1, 0.15) is 12.4 Å². The molecule has 1 unspecified atom stereocenters. The van der Waals surface area contributed by atoms with Crippen LogP contribution in [-0.2, 0) is 9.53 Å². The van der Waals surface area contributed by atoms with Crippen LogP contribution >= 0.6 is 12.4 Å². The summed E-state index contributed by atoms with van der Waals surface area (Å²) in [7, 11) is 0. The average Bonchev–Trinajstić information content (AvgIpc) is 2.97. The highest BCUT2D eigenvalue weighted by molar-refractivity contribution is 5.90. The minimum absolute atomic E-state index is 0. The molecule has 0 bridgehead atoms. The number of anilines is 1. The van der Waals surface area contributed by atoms with Gasteiger partial charge in [-0.1, -0.05) is 6.07 Å². The molecule has 1 aliphatic heterocycles. The molecule has 1 aromatic carbocycles. The van der Waals surface area contributed by atoms with Crippen molar-refractivity contribution in [2.45, 2.75) is 31.8 Å². The van der Waals surface area contributed by atoms with Crippen LogP contribution in [0, 0.1) is 0 Å². The normalized spacial score (nSPS) is 17.1. The van der Waals surface area contributed by atoms with E-state index in [1.165, 1.54) is 0 Å². The third kappa shape index (κ3) is 6.33. The highest BCUT2D eigenvalue weighted by Gasteiger charge is 2.16. The summed E-state index contributed by atoms with van der Waals surface area (Å²) in [5.74, 6) is 0.726. The SMILES string of the molecule is Cl.NCCCC(=O)Nc1cccc(OCC2CCCO2)c1. The van der Waals surface area contributed by atoms with Crippen molar-refractivity contribution in [3.8, 4) is 5.75 Å². The van der Waals surface area contributed by atoms with Crippen molar-refractivity contribution < 1.29 is 14.3 Å². The molecule has 118 valence electrons. The highest BCUT2D eigenvalue weighted by Crippen LogP contribution is 2.19. The number of hydrogen-bond acceptors (Lipinski definition) is 4. The third-order valence-electron chi connectivity index (χ3n) is 3.19. The molecule has 3 N–H and O–H groups in total. The summed E-state index contributed by atoms with van der Waals surface area (Å²) in [6.45, 7) is 1.91. The predicted octanol–water partition coefficient (Wildman–Crippen LogP) is 2.34. The molecule has 0 spiro atoms. The van der Waals surface area contributed by atoms with Crippen LogP contribution in [0.25, 0.3) is 0 Å². The third-order valence-corrected chi connectivity index (χ3v) is 3.19. The van der Waals surface area contributed by atoms with Crippen LogP contribution in [0.4, 0.5) is 5.69 Å². The standard InChI is InChI=1S/C15H22N2O3.ClH/c16-8-2-7-15(18)17-12-4-1-5-13(10-12)20-11-14-6-3-9-19-14;/h1,4-5,10,14H,2-3,6-9,11,16H2,(H,17,18);1H. The average molecular weight is 315 g/mol. The number of rotatable bonds is 7. The van der Waals surface area contributed by atoms with E-state index in [9.17, 15) is 4.79 Å². The summed E-state index contributed by atoms with van der Waals surface area (Å²) in [6, 6.07) is 7.42. The largest absolute Gasteiger partial charge is 0.491 e. The lowest BCUT2D eigenvalue weighted by Crippen LogP contribution is -2.16. The summed E-state index contributed by atoms with van der Waals surface area (Å²) in [4.78, 5) is 11.6. The van der Waals surface area contributed by atoms with E-state index in [2.05, 4.69) is 5.32 Å². The van der Waals surface area contributed by atoms with E-state index < -0.39 is 0 Å². The van der Waals surface area contributed by atoms with Crippen LogP contribution in [0.5, 0.6) is 5.75 Å². The molecule has 2 rings (SSSR count). The summed E-state index contributed by atoms with van der Waals surface area (Å²) in [6.07, 6.45) is 3.48. The van der Waals surface area contributed by atoms with Crippen molar-refractivity contribution in [1.29, 1.82) is 0 Å². The van der Waals surface area contributed by atoms with Gasteiger partial charge in [-0.15, -0.1) is 12.4 Å². The number of carbonyl (C=O) groups is 1. The van der Waals surface area contributed by atoms with Gasteiger partial charge in [0, 0.05) is 24.8 Å². The molecule has 0 aliphatic carbocycles. The van der Waals surface area contributed by atoms with Crippen LogP contribution in [0.3, 0.4) is 0 Å². The van der Waals surface area contributed by atoms with Crippen LogP contribution in [-0.4, -0.2) is 31.8 Å². The number of hydrogen-bond donors (Lipinski definition) is 2. The van der Waals surface area contributed by atoms with Crippen molar-refractivity contribution in [2.75, 3.05) is 25.1 Å². The first kappa shape index (κ1) is 17.8. The minimum Gasteiger partial charge on any atom is -0.491 e. The quantitative estimate of drug-likeness (QED) is 0.810. The van der Waals surface area contributed by atoms with E-state index in [-0.39, 0.29) is 24.4 Å². The molecule has 5 nitrogen and oxygen atoms in total. The Hall–Kier alpha value is -1.30. The Bertz CT molecular complexity index is 437. The fourth-order valence-corrected chi connectivity index (χ4v) is 2.11. The van der Waals surface area contributed by atoms with Crippen LogP contribution in [0.2, 0.25) is 0 Å². The number of halogens is 1. The molecule has 1 aromatic rings. The Labute approximate surface area is 131 Å². The van der Waals surface area contributed by atoms with Gasteiger partial charge in [-0.25, -0.2) is 0 Å².